The Hall–Kier alpha value is -1.98. The molecule has 28 heavy (non-hydrogen) atoms. The molecule has 1 unspecified atom stereocenters. The summed E-state index contributed by atoms with van der Waals surface area (Å²) in [7, 11) is 0. The van der Waals surface area contributed by atoms with Crippen LogP contribution in [0, 0.1) is 0 Å². The van der Waals surface area contributed by atoms with Crippen molar-refractivity contribution in [1.82, 2.24) is 10.2 Å². The van der Waals surface area contributed by atoms with Gasteiger partial charge in [-0.15, -0.1) is 11.8 Å². The molecule has 0 heterocycles. The van der Waals surface area contributed by atoms with E-state index >= 15 is 0 Å². The monoisotopic (exact) mass is 418 g/mol. The molecule has 0 aliphatic heterocycles. The summed E-state index contributed by atoms with van der Waals surface area (Å²) < 4.78 is 0. The molecule has 0 aliphatic carbocycles. The van der Waals surface area contributed by atoms with Crippen molar-refractivity contribution < 1.29 is 9.59 Å². The third kappa shape index (κ3) is 6.57. The highest BCUT2D eigenvalue weighted by molar-refractivity contribution is 7.99. The van der Waals surface area contributed by atoms with Crippen LogP contribution in [-0.2, 0) is 16.1 Å². The molecule has 0 saturated heterocycles. The molecule has 0 aliphatic rings. The number of carbonyl (C=O) groups is 2. The Balaban J connectivity index is 2.12. The van der Waals surface area contributed by atoms with Crippen molar-refractivity contribution >= 4 is 35.2 Å². The minimum Gasteiger partial charge on any atom is -0.355 e. The van der Waals surface area contributed by atoms with Crippen LogP contribution in [0.2, 0.25) is 5.02 Å². The van der Waals surface area contributed by atoms with Crippen molar-refractivity contribution in [3.8, 4) is 0 Å². The average molecular weight is 419 g/mol. The van der Waals surface area contributed by atoms with Crippen LogP contribution >= 0.6 is 23.4 Å². The minimum atomic E-state index is -0.509. The van der Waals surface area contributed by atoms with Crippen molar-refractivity contribution in [2.75, 3.05) is 12.3 Å². The van der Waals surface area contributed by atoms with Gasteiger partial charge in [-0.05, 0) is 37.1 Å². The fourth-order valence-electron chi connectivity index (χ4n) is 2.94. The van der Waals surface area contributed by atoms with Gasteiger partial charge in [-0.25, -0.2) is 0 Å². The van der Waals surface area contributed by atoms with Crippen LogP contribution in [0.25, 0.3) is 0 Å². The van der Waals surface area contributed by atoms with Crippen LogP contribution < -0.4 is 5.32 Å². The Morgan fingerprint density at radius 2 is 1.75 bits per heavy atom. The molecule has 0 spiro atoms. The van der Waals surface area contributed by atoms with E-state index in [-0.39, 0.29) is 11.8 Å². The van der Waals surface area contributed by atoms with E-state index in [1.165, 1.54) is 0 Å². The topological polar surface area (TPSA) is 49.4 Å². The van der Waals surface area contributed by atoms with Gasteiger partial charge in [0.1, 0.15) is 6.04 Å². The van der Waals surface area contributed by atoms with Gasteiger partial charge in [-0.3, -0.25) is 9.59 Å². The number of halogens is 1. The molecule has 1 atom stereocenters. The summed E-state index contributed by atoms with van der Waals surface area (Å²) in [6.45, 7) is 4.66. The summed E-state index contributed by atoms with van der Waals surface area (Å²) >= 11 is 7.94. The number of hydrogen-bond acceptors (Lipinski definition) is 3. The maximum Gasteiger partial charge on any atom is 0.242 e. The summed E-state index contributed by atoms with van der Waals surface area (Å²) in [4.78, 5) is 28.4. The number of amides is 2. The molecule has 0 fully saturated rings. The molecule has 2 amide bonds. The van der Waals surface area contributed by atoms with Gasteiger partial charge in [0.2, 0.25) is 11.8 Å². The van der Waals surface area contributed by atoms with E-state index in [0.29, 0.717) is 36.7 Å². The van der Waals surface area contributed by atoms with E-state index < -0.39 is 6.04 Å². The highest BCUT2D eigenvalue weighted by Gasteiger charge is 2.28. The Labute approximate surface area is 176 Å². The molecule has 0 radical (unpaired) electrons. The van der Waals surface area contributed by atoms with E-state index in [0.717, 1.165) is 10.5 Å². The maximum atomic E-state index is 13.0. The summed E-state index contributed by atoms with van der Waals surface area (Å²) in [6, 6.07) is 16.9. The van der Waals surface area contributed by atoms with E-state index in [1.54, 1.807) is 22.7 Å². The second-order valence-corrected chi connectivity index (χ2v) is 7.92. The third-order valence-electron chi connectivity index (χ3n) is 4.36. The molecule has 4 nitrogen and oxygen atoms in total. The molecule has 6 heteroatoms. The molecule has 2 rings (SSSR count). The van der Waals surface area contributed by atoms with Crippen LogP contribution in [0.15, 0.2) is 59.5 Å². The fourth-order valence-corrected chi connectivity index (χ4v) is 4.00. The number of hydrogen-bond donors (Lipinski definition) is 1. The molecular formula is C22H27ClN2O2S. The van der Waals surface area contributed by atoms with Gasteiger partial charge < -0.3 is 10.2 Å². The Morgan fingerprint density at radius 1 is 1.07 bits per heavy atom. The number of nitrogens with one attached hydrogen (secondary N) is 1. The van der Waals surface area contributed by atoms with E-state index in [9.17, 15) is 9.59 Å². The number of thioether (sulfide) groups is 1. The molecule has 2 aromatic rings. The van der Waals surface area contributed by atoms with Gasteiger partial charge in [0.05, 0.1) is 0 Å². The van der Waals surface area contributed by atoms with Crippen LogP contribution in [0.4, 0.5) is 0 Å². The van der Waals surface area contributed by atoms with Crippen LogP contribution in [-0.4, -0.2) is 35.1 Å². The molecule has 0 bridgehead atoms. The number of carbonyl (C=O) groups excluding carboxylic acids is 2. The van der Waals surface area contributed by atoms with Gasteiger partial charge in [-0.2, -0.15) is 0 Å². The lowest BCUT2D eigenvalue weighted by molar-refractivity contribution is -0.141. The van der Waals surface area contributed by atoms with Crippen LogP contribution in [0.3, 0.4) is 0 Å². The predicted molar refractivity (Wildman–Crippen MR) is 117 cm³/mol. The average Bonchev–Trinajstić information content (AvgIpc) is 2.70. The third-order valence-corrected chi connectivity index (χ3v) is 5.75. The second-order valence-electron chi connectivity index (χ2n) is 6.34. The smallest absolute Gasteiger partial charge is 0.242 e. The lowest BCUT2D eigenvalue weighted by Gasteiger charge is -2.31. The Kier molecular flexibility index (Phi) is 9.38. The highest BCUT2D eigenvalue weighted by Crippen LogP contribution is 2.22. The number of likely N-dealkylation sites (N-methyl/N-ethyl adjacent to an activating group) is 1. The first-order valence-electron chi connectivity index (χ1n) is 9.55. The van der Waals surface area contributed by atoms with Crippen molar-refractivity contribution in [3.05, 3.63) is 65.2 Å². The first kappa shape index (κ1) is 22.3. The highest BCUT2D eigenvalue weighted by atomic mass is 35.5. The molecular weight excluding hydrogens is 392 g/mol. The largest absolute Gasteiger partial charge is 0.355 e. The summed E-state index contributed by atoms with van der Waals surface area (Å²) in [5.74, 6) is 0.496. The maximum absolute atomic E-state index is 13.0. The standard InChI is InChI=1S/C22H27ClN2O2S/c1-3-20(22(27)24-4-2)25(16-17-10-8-9-13-19(17)23)21(26)14-15-28-18-11-6-5-7-12-18/h5-13,20H,3-4,14-16H2,1-2H3,(H,24,27). The summed E-state index contributed by atoms with van der Waals surface area (Å²) in [5.41, 5.74) is 0.843. The van der Waals surface area contributed by atoms with Crippen LogP contribution in [0.5, 0.6) is 0 Å². The number of nitrogens with zero attached hydrogens (tertiary/aromatic N) is 1. The zero-order valence-electron chi connectivity index (χ0n) is 16.4. The molecule has 150 valence electrons. The minimum absolute atomic E-state index is 0.0403. The van der Waals surface area contributed by atoms with Gasteiger partial charge in [0.25, 0.3) is 0 Å². The van der Waals surface area contributed by atoms with E-state index in [2.05, 4.69) is 5.32 Å². The molecule has 0 saturated carbocycles. The van der Waals surface area contributed by atoms with E-state index in [1.807, 2.05) is 62.4 Å². The Morgan fingerprint density at radius 3 is 2.39 bits per heavy atom. The van der Waals surface area contributed by atoms with Crippen molar-refractivity contribution in [2.24, 2.45) is 0 Å². The predicted octanol–water partition coefficient (Wildman–Crippen LogP) is 4.77. The number of rotatable bonds is 10. The first-order chi connectivity index (χ1) is 13.6. The Bertz CT molecular complexity index is 770. The fraction of sp³-hybridized carbons (Fsp3) is 0.364. The summed E-state index contributed by atoms with van der Waals surface area (Å²) in [6.07, 6.45) is 0.910. The molecule has 0 aromatic heterocycles. The SMILES string of the molecule is CCNC(=O)C(CC)N(Cc1ccccc1Cl)C(=O)CCSc1ccccc1. The lowest BCUT2D eigenvalue weighted by atomic mass is 10.1. The molecule has 1 N–H and O–H groups in total. The van der Waals surface area contributed by atoms with Gasteiger partial charge >= 0.3 is 0 Å². The van der Waals surface area contributed by atoms with Crippen molar-refractivity contribution in [3.63, 3.8) is 0 Å². The van der Waals surface area contributed by atoms with E-state index in [4.69, 9.17) is 11.6 Å². The van der Waals surface area contributed by atoms with Crippen molar-refractivity contribution in [2.45, 2.75) is 44.2 Å². The zero-order valence-corrected chi connectivity index (χ0v) is 17.9. The molecule has 2 aromatic carbocycles. The van der Waals surface area contributed by atoms with Gasteiger partial charge in [-0.1, -0.05) is 54.9 Å². The number of benzene rings is 2. The lowest BCUT2D eigenvalue weighted by Crippen LogP contribution is -2.49. The van der Waals surface area contributed by atoms with Gasteiger partial charge in [0, 0.05) is 35.2 Å². The zero-order chi connectivity index (χ0) is 20.4. The van der Waals surface area contributed by atoms with Crippen molar-refractivity contribution in [1.29, 1.82) is 0 Å². The summed E-state index contributed by atoms with van der Waals surface area (Å²) in [5, 5.41) is 3.44. The first-order valence-corrected chi connectivity index (χ1v) is 10.9. The quantitative estimate of drug-likeness (QED) is 0.565. The normalized spacial score (nSPS) is 11.7. The van der Waals surface area contributed by atoms with Crippen LogP contribution in [0.1, 0.15) is 32.3 Å². The second kappa shape index (κ2) is 11.8. The van der Waals surface area contributed by atoms with Gasteiger partial charge in [0.15, 0.2) is 0 Å².